The molecule has 3 aromatic carbocycles. The number of rotatable bonds is 5. The monoisotopic (exact) mass is 469 g/mol. The van der Waals surface area contributed by atoms with Crippen LogP contribution in [0.2, 0.25) is 0 Å². The van der Waals surface area contributed by atoms with Gasteiger partial charge in [-0.3, -0.25) is 4.90 Å². The molecule has 0 bridgehead atoms. The van der Waals surface area contributed by atoms with Gasteiger partial charge < -0.3 is 14.2 Å². The Morgan fingerprint density at radius 2 is 1.66 bits per heavy atom. The van der Waals surface area contributed by atoms with Crippen molar-refractivity contribution in [2.24, 2.45) is 5.10 Å². The molecule has 1 fully saturated rings. The average molecular weight is 470 g/mol. The van der Waals surface area contributed by atoms with Crippen LogP contribution in [-0.2, 0) is 6.54 Å². The molecule has 0 aromatic heterocycles. The number of nitrogens with zero attached hydrogens (tertiary/aromatic N) is 3. The van der Waals surface area contributed by atoms with Crippen molar-refractivity contribution in [3.05, 3.63) is 89.5 Å². The minimum Gasteiger partial charge on any atom is -0.493 e. The highest BCUT2D eigenvalue weighted by Gasteiger charge is 2.51. The van der Waals surface area contributed by atoms with Crippen molar-refractivity contribution in [3.63, 3.8) is 0 Å². The minimum absolute atomic E-state index is 0.170. The second-order valence-corrected chi connectivity index (χ2v) is 9.53. The molecule has 0 N–H and O–H groups in total. The van der Waals surface area contributed by atoms with Crippen LogP contribution in [0.5, 0.6) is 17.2 Å². The first-order valence-electron chi connectivity index (χ1n) is 12.3. The second-order valence-electron chi connectivity index (χ2n) is 9.53. The summed E-state index contributed by atoms with van der Waals surface area (Å²) < 4.78 is 17.8. The number of hydrazone groups is 1. The van der Waals surface area contributed by atoms with E-state index in [2.05, 4.69) is 70.6 Å². The Bertz CT molecular complexity index is 1230. The van der Waals surface area contributed by atoms with E-state index in [-0.39, 0.29) is 6.04 Å². The van der Waals surface area contributed by atoms with Crippen molar-refractivity contribution in [1.29, 1.82) is 0 Å². The van der Waals surface area contributed by atoms with E-state index in [9.17, 15) is 0 Å². The van der Waals surface area contributed by atoms with E-state index in [0.717, 1.165) is 67.4 Å². The summed E-state index contributed by atoms with van der Waals surface area (Å²) in [7, 11) is 3.33. The molecule has 0 saturated carbocycles. The molecular weight excluding hydrogens is 438 g/mol. The lowest BCUT2D eigenvalue weighted by atomic mass is 9.90. The second kappa shape index (κ2) is 8.93. The van der Waals surface area contributed by atoms with Crippen LogP contribution in [0.4, 0.5) is 0 Å². The fraction of sp³-hybridized carbons (Fsp3) is 0.345. The first-order chi connectivity index (χ1) is 17.2. The number of benzene rings is 3. The van der Waals surface area contributed by atoms with Crippen molar-refractivity contribution < 1.29 is 14.2 Å². The van der Waals surface area contributed by atoms with E-state index in [1.807, 2.05) is 12.1 Å². The van der Waals surface area contributed by atoms with Crippen molar-refractivity contribution in [2.45, 2.75) is 37.6 Å². The molecule has 6 nitrogen and oxygen atoms in total. The van der Waals surface area contributed by atoms with E-state index in [4.69, 9.17) is 19.3 Å². The number of fused-ring (bicyclic) bond motifs is 4. The Kier molecular flexibility index (Phi) is 5.61. The van der Waals surface area contributed by atoms with Gasteiger partial charge in [-0.2, -0.15) is 5.10 Å². The number of ether oxygens (including phenoxy) is 3. The van der Waals surface area contributed by atoms with Crippen LogP contribution in [0.3, 0.4) is 0 Å². The highest BCUT2D eigenvalue weighted by Crippen LogP contribution is 2.50. The highest BCUT2D eigenvalue weighted by molar-refractivity contribution is 6.02. The molecule has 6 rings (SSSR count). The summed E-state index contributed by atoms with van der Waals surface area (Å²) in [6.45, 7) is 2.92. The molecule has 180 valence electrons. The quantitative estimate of drug-likeness (QED) is 0.511. The Hall–Kier alpha value is -3.51. The number of hydrogen-bond donors (Lipinski definition) is 0. The standard InChI is InChI=1S/C29H31N3O3/c1-33-27-13-12-22(18-28(27)34-2)24-19-25-23-10-6-7-11-26(23)35-29(32(25)30-24)14-16-31(17-15-29)20-21-8-4-3-5-9-21/h3-13,18,25H,14-17,19-20H2,1-2H3/t25-/m1/s1. The molecule has 35 heavy (non-hydrogen) atoms. The van der Waals surface area contributed by atoms with E-state index < -0.39 is 5.72 Å². The summed E-state index contributed by atoms with van der Waals surface area (Å²) in [5, 5.41) is 7.47. The zero-order valence-corrected chi connectivity index (χ0v) is 20.3. The summed E-state index contributed by atoms with van der Waals surface area (Å²) in [5.74, 6) is 2.44. The van der Waals surface area contributed by atoms with Gasteiger partial charge in [-0.15, -0.1) is 0 Å². The van der Waals surface area contributed by atoms with Gasteiger partial charge in [0.05, 0.1) is 26.0 Å². The van der Waals surface area contributed by atoms with Gasteiger partial charge in [0.25, 0.3) is 0 Å². The van der Waals surface area contributed by atoms with Crippen molar-refractivity contribution in [2.75, 3.05) is 27.3 Å². The lowest BCUT2D eigenvalue weighted by Gasteiger charge is -2.51. The van der Waals surface area contributed by atoms with E-state index in [0.29, 0.717) is 0 Å². The fourth-order valence-corrected chi connectivity index (χ4v) is 5.65. The molecule has 3 aliphatic heterocycles. The molecule has 3 heterocycles. The molecule has 0 aliphatic carbocycles. The number of likely N-dealkylation sites (tertiary alicyclic amines) is 1. The Morgan fingerprint density at radius 3 is 2.43 bits per heavy atom. The van der Waals surface area contributed by atoms with Crippen molar-refractivity contribution >= 4 is 5.71 Å². The van der Waals surface area contributed by atoms with Gasteiger partial charge in [0.2, 0.25) is 5.72 Å². The number of hydrogen-bond acceptors (Lipinski definition) is 6. The maximum atomic E-state index is 6.79. The zero-order valence-electron chi connectivity index (χ0n) is 20.3. The Labute approximate surface area is 206 Å². The van der Waals surface area contributed by atoms with Crippen molar-refractivity contribution in [3.8, 4) is 17.2 Å². The van der Waals surface area contributed by atoms with Gasteiger partial charge in [-0.05, 0) is 29.8 Å². The van der Waals surface area contributed by atoms with Crippen LogP contribution < -0.4 is 14.2 Å². The topological polar surface area (TPSA) is 46.5 Å². The first-order valence-corrected chi connectivity index (χ1v) is 12.3. The number of para-hydroxylation sites is 1. The van der Waals surface area contributed by atoms with Gasteiger partial charge in [0.15, 0.2) is 11.5 Å². The summed E-state index contributed by atoms with van der Waals surface area (Å²) in [6.07, 6.45) is 2.66. The first kappa shape index (κ1) is 22.0. The SMILES string of the molecule is COc1ccc(C2=NN3[C@H](C2)c2ccccc2OC32CCN(Cc3ccccc3)CC2)cc1OC. The van der Waals surface area contributed by atoms with Gasteiger partial charge >= 0.3 is 0 Å². The van der Waals surface area contributed by atoms with Gasteiger partial charge in [-0.25, -0.2) is 5.01 Å². The number of methoxy groups -OCH3 is 2. The Morgan fingerprint density at radius 1 is 0.914 bits per heavy atom. The third kappa shape index (κ3) is 3.92. The summed E-state index contributed by atoms with van der Waals surface area (Å²) >= 11 is 0. The maximum absolute atomic E-state index is 6.79. The van der Waals surface area contributed by atoms with Crippen LogP contribution in [0.15, 0.2) is 77.9 Å². The van der Waals surface area contributed by atoms with E-state index in [1.54, 1.807) is 14.2 Å². The number of piperidine rings is 1. The molecule has 0 amide bonds. The smallest absolute Gasteiger partial charge is 0.200 e. The normalized spacial score (nSPS) is 20.6. The fourth-order valence-electron chi connectivity index (χ4n) is 5.65. The van der Waals surface area contributed by atoms with Gasteiger partial charge in [-0.1, -0.05) is 48.5 Å². The summed E-state index contributed by atoms with van der Waals surface area (Å²) in [5.41, 5.74) is 4.26. The van der Waals surface area contributed by atoms with Crippen LogP contribution in [0.25, 0.3) is 0 Å². The minimum atomic E-state index is -0.426. The predicted molar refractivity (Wildman–Crippen MR) is 136 cm³/mol. The molecule has 1 spiro atoms. The predicted octanol–water partition coefficient (Wildman–Crippen LogP) is 5.24. The molecular formula is C29H31N3O3. The zero-order chi connectivity index (χ0) is 23.8. The molecule has 3 aliphatic rings. The molecule has 1 saturated heterocycles. The molecule has 6 heteroatoms. The lowest BCUT2D eigenvalue weighted by Crippen LogP contribution is -2.59. The van der Waals surface area contributed by atoms with E-state index >= 15 is 0 Å². The maximum Gasteiger partial charge on any atom is 0.200 e. The van der Waals surface area contributed by atoms with Crippen molar-refractivity contribution in [1.82, 2.24) is 9.91 Å². The highest BCUT2D eigenvalue weighted by atomic mass is 16.5. The van der Waals surface area contributed by atoms with Gasteiger partial charge in [0, 0.05) is 50.0 Å². The molecule has 0 radical (unpaired) electrons. The average Bonchev–Trinajstić information content (AvgIpc) is 3.37. The van der Waals surface area contributed by atoms with E-state index in [1.165, 1.54) is 11.1 Å². The lowest BCUT2D eigenvalue weighted by molar-refractivity contribution is -0.150. The third-order valence-corrected chi connectivity index (χ3v) is 7.51. The van der Waals surface area contributed by atoms with Crippen LogP contribution in [0, 0.1) is 0 Å². The van der Waals surface area contributed by atoms with Crippen LogP contribution >= 0.6 is 0 Å². The van der Waals surface area contributed by atoms with Gasteiger partial charge in [0.1, 0.15) is 5.75 Å². The van der Waals surface area contributed by atoms with Crippen LogP contribution in [-0.4, -0.2) is 48.7 Å². The third-order valence-electron chi connectivity index (χ3n) is 7.51. The molecule has 0 unspecified atom stereocenters. The molecule has 1 atom stereocenters. The molecule has 3 aromatic rings. The Balaban J connectivity index is 1.30. The summed E-state index contributed by atoms with van der Waals surface area (Å²) in [6, 6.07) is 25.4. The summed E-state index contributed by atoms with van der Waals surface area (Å²) in [4.78, 5) is 2.52. The largest absolute Gasteiger partial charge is 0.493 e. The van der Waals surface area contributed by atoms with Crippen LogP contribution in [0.1, 0.15) is 42.0 Å².